The molecule has 2 aromatic heterocycles. The van der Waals surface area contributed by atoms with Crippen molar-refractivity contribution in [3.63, 3.8) is 0 Å². The Labute approximate surface area is 148 Å². The van der Waals surface area contributed by atoms with Gasteiger partial charge in [0.1, 0.15) is 5.82 Å². The minimum Gasteiger partial charge on any atom is -0.353 e. The predicted octanol–water partition coefficient (Wildman–Crippen LogP) is 4.18. The molecule has 0 amide bonds. The van der Waals surface area contributed by atoms with Crippen LogP contribution in [-0.4, -0.2) is 32.2 Å². The minimum absolute atomic E-state index is 0.574. The van der Waals surface area contributed by atoms with Crippen LogP contribution in [0, 0.1) is 13.8 Å². The lowest BCUT2D eigenvalue weighted by Crippen LogP contribution is -2.40. The van der Waals surface area contributed by atoms with Crippen LogP contribution in [0.3, 0.4) is 0 Å². The second kappa shape index (κ2) is 6.47. The van der Waals surface area contributed by atoms with Crippen LogP contribution in [0.25, 0.3) is 17.2 Å². The SMILES string of the molecule is CC[C@@H]1CCCCN1c1cc(C)nc2nc(-c3ccccc3C)nn12. The first-order chi connectivity index (χ1) is 12.2. The summed E-state index contributed by atoms with van der Waals surface area (Å²) in [5, 5.41) is 4.83. The molecule has 25 heavy (non-hydrogen) atoms. The number of benzene rings is 1. The fourth-order valence-electron chi connectivity index (χ4n) is 3.84. The third-order valence-corrected chi connectivity index (χ3v) is 5.20. The van der Waals surface area contributed by atoms with Gasteiger partial charge in [-0.3, -0.25) is 0 Å². The largest absolute Gasteiger partial charge is 0.353 e. The van der Waals surface area contributed by atoms with Gasteiger partial charge in [0, 0.05) is 29.9 Å². The highest BCUT2D eigenvalue weighted by atomic mass is 15.4. The first-order valence-electron chi connectivity index (χ1n) is 9.24. The van der Waals surface area contributed by atoms with Gasteiger partial charge < -0.3 is 4.90 Å². The third kappa shape index (κ3) is 2.88. The summed E-state index contributed by atoms with van der Waals surface area (Å²) in [6.45, 7) is 7.49. The molecule has 1 aromatic carbocycles. The Morgan fingerprint density at radius 1 is 1.12 bits per heavy atom. The van der Waals surface area contributed by atoms with Gasteiger partial charge in [0.15, 0.2) is 5.82 Å². The molecule has 1 fully saturated rings. The number of fused-ring (bicyclic) bond motifs is 1. The summed E-state index contributed by atoms with van der Waals surface area (Å²) in [5.74, 6) is 2.57. The van der Waals surface area contributed by atoms with Crippen molar-refractivity contribution in [2.24, 2.45) is 0 Å². The van der Waals surface area contributed by atoms with Crippen molar-refractivity contribution < 1.29 is 0 Å². The lowest BCUT2D eigenvalue weighted by molar-refractivity contribution is 0.444. The van der Waals surface area contributed by atoms with Crippen molar-refractivity contribution in [1.82, 2.24) is 19.6 Å². The molecular formula is C20H25N5. The summed E-state index contributed by atoms with van der Waals surface area (Å²) in [4.78, 5) is 11.8. The zero-order valence-electron chi connectivity index (χ0n) is 15.2. The van der Waals surface area contributed by atoms with E-state index in [0.717, 1.165) is 35.9 Å². The van der Waals surface area contributed by atoms with E-state index in [1.165, 1.54) is 24.8 Å². The van der Waals surface area contributed by atoms with Crippen molar-refractivity contribution >= 4 is 11.6 Å². The molecule has 1 aliphatic heterocycles. The Kier molecular flexibility index (Phi) is 4.15. The van der Waals surface area contributed by atoms with Gasteiger partial charge in [-0.1, -0.05) is 31.2 Å². The van der Waals surface area contributed by atoms with Crippen molar-refractivity contribution in [3.8, 4) is 11.4 Å². The highest BCUT2D eigenvalue weighted by Crippen LogP contribution is 2.28. The third-order valence-electron chi connectivity index (χ3n) is 5.20. The smallest absolute Gasteiger partial charge is 0.254 e. The average Bonchev–Trinajstić information content (AvgIpc) is 3.05. The monoisotopic (exact) mass is 335 g/mol. The van der Waals surface area contributed by atoms with E-state index in [9.17, 15) is 0 Å². The maximum atomic E-state index is 4.83. The van der Waals surface area contributed by atoms with Gasteiger partial charge in [-0.2, -0.15) is 9.50 Å². The predicted molar refractivity (Wildman–Crippen MR) is 101 cm³/mol. The minimum atomic E-state index is 0.574. The first kappa shape index (κ1) is 16.1. The van der Waals surface area contributed by atoms with Crippen LogP contribution in [-0.2, 0) is 0 Å². The van der Waals surface area contributed by atoms with E-state index < -0.39 is 0 Å². The number of aromatic nitrogens is 4. The molecule has 0 spiro atoms. The van der Waals surface area contributed by atoms with Crippen LogP contribution >= 0.6 is 0 Å². The maximum Gasteiger partial charge on any atom is 0.254 e. The maximum absolute atomic E-state index is 4.83. The lowest BCUT2D eigenvalue weighted by atomic mass is 10.00. The molecule has 1 aliphatic rings. The number of piperidine rings is 1. The van der Waals surface area contributed by atoms with Crippen molar-refractivity contribution in [2.45, 2.75) is 52.5 Å². The van der Waals surface area contributed by atoms with Gasteiger partial charge in [-0.25, -0.2) is 4.98 Å². The number of hydrogen-bond acceptors (Lipinski definition) is 4. The standard InChI is InChI=1S/C20H25N5/c1-4-16-10-7-8-12-24(16)18-13-15(3)21-20-22-19(23-25(18)20)17-11-6-5-9-14(17)2/h5-6,9,11,13,16H,4,7-8,10,12H2,1-3H3/t16-/m1/s1. The van der Waals surface area contributed by atoms with Gasteiger partial charge in [0.05, 0.1) is 0 Å². The number of rotatable bonds is 3. The average molecular weight is 335 g/mol. The van der Waals surface area contributed by atoms with E-state index in [2.05, 4.69) is 41.9 Å². The van der Waals surface area contributed by atoms with Gasteiger partial charge in [-0.15, -0.1) is 5.10 Å². The number of hydrogen-bond donors (Lipinski definition) is 0. The molecule has 0 N–H and O–H groups in total. The van der Waals surface area contributed by atoms with Crippen LogP contribution in [0.15, 0.2) is 30.3 Å². The molecule has 0 radical (unpaired) electrons. The molecule has 0 aliphatic carbocycles. The Morgan fingerprint density at radius 3 is 2.76 bits per heavy atom. The fourth-order valence-corrected chi connectivity index (χ4v) is 3.84. The van der Waals surface area contributed by atoms with E-state index >= 15 is 0 Å². The second-order valence-corrected chi connectivity index (χ2v) is 6.97. The molecule has 5 nitrogen and oxygen atoms in total. The van der Waals surface area contributed by atoms with Crippen LogP contribution < -0.4 is 4.90 Å². The molecule has 1 atom stereocenters. The zero-order valence-corrected chi connectivity index (χ0v) is 15.2. The van der Waals surface area contributed by atoms with E-state index in [0.29, 0.717) is 11.8 Å². The molecule has 5 heteroatoms. The first-order valence-corrected chi connectivity index (χ1v) is 9.24. The van der Waals surface area contributed by atoms with E-state index in [4.69, 9.17) is 10.1 Å². The molecule has 0 saturated carbocycles. The van der Waals surface area contributed by atoms with Crippen LogP contribution in [0.2, 0.25) is 0 Å². The Morgan fingerprint density at radius 2 is 1.96 bits per heavy atom. The Balaban J connectivity index is 1.86. The molecule has 1 saturated heterocycles. The molecule has 0 bridgehead atoms. The van der Waals surface area contributed by atoms with Gasteiger partial charge in [0.25, 0.3) is 5.78 Å². The van der Waals surface area contributed by atoms with Crippen LogP contribution in [0.4, 0.5) is 5.82 Å². The summed E-state index contributed by atoms with van der Waals surface area (Å²) >= 11 is 0. The highest BCUT2D eigenvalue weighted by Gasteiger charge is 2.24. The normalized spacial score (nSPS) is 18.0. The Bertz CT molecular complexity index is 898. The second-order valence-electron chi connectivity index (χ2n) is 6.97. The lowest BCUT2D eigenvalue weighted by Gasteiger charge is -2.36. The number of nitrogens with zero attached hydrogens (tertiary/aromatic N) is 5. The van der Waals surface area contributed by atoms with Crippen molar-refractivity contribution in [1.29, 1.82) is 0 Å². The molecule has 3 heterocycles. The number of aryl methyl sites for hydroxylation is 2. The summed E-state index contributed by atoms with van der Waals surface area (Å²) < 4.78 is 1.93. The molecule has 3 aromatic rings. The van der Waals surface area contributed by atoms with Gasteiger partial charge in [0.2, 0.25) is 0 Å². The van der Waals surface area contributed by atoms with Crippen LogP contribution in [0.1, 0.15) is 43.9 Å². The van der Waals surface area contributed by atoms with E-state index in [1.54, 1.807) is 0 Å². The zero-order chi connectivity index (χ0) is 17.4. The van der Waals surface area contributed by atoms with Gasteiger partial charge >= 0.3 is 0 Å². The fraction of sp³-hybridized carbons (Fsp3) is 0.450. The summed E-state index contributed by atoms with van der Waals surface area (Å²) in [6.07, 6.45) is 4.95. The van der Waals surface area contributed by atoms with E-state index in [-0.39, 0.29) is 0 Å². The summed E-state index contributed by atoms with van der Waals surface area (Å²) in [5.41, 5.74) is 3.25. The van der Waals surface area contributed by atoms with E-state index in [1.807, 2.05) is 23.6 Å². The quantitative estimate of drug-likeness (QED) is 0.720. The highest BCUT2D eigenvalue weighted by molar-refractivity contribution is 5.62. The summed E-state index contributed by atoms with van der Waals surface area (Å²) in [6, 6.07) is 11.0. The molecule has 0 unspecified atom stereocenters. The topological polar surface area (TPSA) is 46.3 Å². The number of anilines is 1. The van der Waals surface area contributed by atoms with Crippen molar-refractivity contribution in [3.05, 3.63) is 41.6 Å². The van der Waals surface area contributed by atoms with Crippen molar-refractivity contribution in [2.75, 3.05) is 11.4 Å². The van der Waals surface area contributed by atoms with Gasteiger partial charge in [-0.05, 0) is 45.1 Å². The summed E-state index contributed by atoms with van der Waals surface area (Å²) in [7, 11) is 0. The molecular weight excluding hydrogens is 310 g/mol. The Hall–Kier alpha value is -2.43. The molecule has 4 rings (SSSR count). The van der Waals surface area contributed by atoms with Crippen LogP contribution in [0.5, 0.6) is 0 Å². The molecule has 130 valence electrons.